The maximum atomic E-state index is 12.4. The van der Waals surface area contributed by atoms with Gasteiger partial charge in [-0.2, -0.15) is 0 Å². The third-order valence-electron chi connectivity index (χ3n) is 3.72. The van der Waals surface area contributed by atoms with E-state index in [4.69, 9.17) is 9.47 Å². The van der Waals surface area contributed by atoms with Crippen LogP contribution in [0, 0.1) is 13.8 Å². The van der Waals surface area contributed by atoms with Crippen molar-refractivity contribution in [3.8, 4) is 5.75 Å². The average Bonchev–Trinajstić information content (AvgIpc) is 2.92. The molecule has 1 unspecified atom stereocenters. The molecule has 1 aliphatic rings. The van der Waals surface area contributed by atoms with Crippen molar-refractivity contribution in [3.05, 3.63) is 23.3 Å². The van der Waals surface area contributed by atoms with Crippen molar-refractivity contribution in [2.75, 3.05) is 20.3 Å². The summed E-state index contributed by atoms with van der Waals surface area (Å²) in [4.78, 5) is 0.300. The normalized spacial score (nSPS) is 19.2. The molecule has 1 aromatic rings. The maximum absolute atomic E-state index is 12.4. The molecule has 1 saturated heterocycles. The van der Waals surface area contributed by atoms with Crippen molar-refractivity contribution in [1.82, 2.24) is 4.72 Å². The lowest BCUT2D eigenvalue weighted by Gasteiger charge is -2.15. The lowest BCUT2D eigenvalue weighted by Crippen LogP contribution is -2.32. The highest BCUT2D eigenvalue weighted by Gasteiger charge is 2.22. The molecule has 1 atom stereocenters. The van der Waals surface area contributed by atoms with E-state index < -0.39 is 10.0 Å². The first-order valence-corrected chi connectivity index (χ1v) is 8.19. The van der Waals surface area contributed by atoms with E-state index in [-0.39, 0.29) is 6.10 Å². The summed E-state index contributed by atoms with van der Waals surface area (Å²) in [5.41, 5.74) is 1.55. The van der Waals surface area contributed by atoms with E-state index in [0.717, 1.165) is 18.4 Å². The highest BCUT2D eigenvalue weighted by atomic mass is 32.2. The van der Waals surface area contributed by atoms with Crippen LogP contribution in [0.2, 0.25) is 0 Å². The van der Waals surface area contributed by atoms with Gasteiger partial charge in [0.15, 0.2) is 0 Å². The van der Waals surface area contributed by atoms with Crippen molar-refractivity contribution in [3.63, 3.8) is 0 Å². The van der Waals surface area contributed by atoms with Crippen molar-refractivity contribution >= 4 is 10.0 Å². The summed E-state index contributed by atoms with van der Waals surface area (Å²) in [6, 6.07) is 3.27. The van der Waals surface area contributed by atoms with Gasteiger partial charge in [-0.05, 0) is 49.9 Å². The van der Waals surface area contributed by atoms with E-state index in [1.165, 1.54) is 0 Å². The molecule has 5 nitrogen and oxygen atoms in total. The van der Waals surface area contributed by atoms with E-state index in [0.29, 0.717) is 29.4 Å². The highest BCUT2D eigenvalue weighted by Crippen LogP contribution is 2.26. The van der Waals surface area contributed by atoms with Gasteiger partial charge in [-0.25, -0.2) is 13.1 Å². The SMILES string of the molecule is COc1ccc(S(=O)(=O)NCC2CCCO2)c(C)c1C. The Morgan fingerprint density at radius 1 is 1.35 bits per heavy atom. The second-order valence-corrected chi connectivity index (χ2v) is 6.74. The van der Waals surface area contributed by atoms with Gasteiger partial charge < -0.3 is 9.47 Å². The summed E-state index contributed by atoms with van der Waals surface area (Å²) in [5, 5.41) is 0. The number of hydrogen-bond acceptors (Lipinski definition) is 4. The summed E-state index contributed by atoms with van der Waals surface area (Å²) < 4.78 is 38.0. The molecule has 1 fully saturated rings. The molecule has 0 bridgehead atoms. The minimum absolute atomic E-state index is 0.00979. The topological polar surface area (TPSA) is 64.6 Å². The minimum Gasteiger partial charge on any atom is -0.496 e. The lowest BCUT2D eigenvalue weighted by atomic mass is 10.1. The van der Waals surface area contributed by atoms with Crippen LogP contribution in [0.15, 0.2) is 17.0 Å². The Hall–Kier alpha value is -1.11. The van der Waals surface area contributed by atoms with E-state index >= 15 is 0 Å². The quantitative estimate of drug-likeness (QED) is 0.900. The Kier molecular flexibility index (Phi) is 4.67. The molecular formula is C14H21NO4S. The zero-order valence-electron chi connectivity index (χ0n) is 12.1. The summed E-state index contributed by atoms with van der Waals surface area (Å²) >= 11 is 0. The first kappa shape index (κ1) is 15.3. The summed E-state index contributed by atoms with van der Waals surface area (Å²) in [6.07, 6.45) is 1.89. The van der Waals surface area contributed by atoms with Gasteiger partial charge in [0, 0.05) is 13.2 Å². The molecule has 1 N–H and O–H groups in total. The van der Waals surface area contributed by atoms with Crippen LogP contribution in [0.5, 0.6) is 5.75 Å². The number of nitrogens with one attached hydrogen (secondary N) is 1. The van der Waals surface area contributed by atoms with Crippen LogP contribution in [0.1, 0.15) is 24.0 Å². The second-order valence-electron chi connectivity index (χ2n) is 5.00. The van der Waals surface area contributed by atoms with Gasteiger partial charge in [-0.15, -0.1) is 0 Å². The molecule has 1 aliphatic heterocycles. The Balaban J connectivity index is 2.18. The Bertz CT molecular complexity index is 577. The van der Waals surface area contributed by atoms with Crippen LogP contribution in [0.4, 0.5) is 0 Å². The monoisotopic (exact) mass is 299 g/mol. The third-order valence-corrected chi connectivity index (χ3v) is 5.29. The van der Waals surface area contributed by atoms with Crippen molar-refractivity contribution in [1.29, 1.82) is 0 Å². The van der Waals surface area contributed by atoms with Crippen molar-refractivity contribution in [2.45, 2.75) is 37.7 Å². The van der Waals surface area contributed by atoms with E-state index in [1.54, 1.807) is 26.2 Å². The summed E-state index contributed by atoms with van der Waals surface area (Å²) in [7, 11) is -1.94. The van der Waals surface area contributed by atoms with E-state index in [1.807, 2.05) is 6.92 Å². The third kappa shape index (κ3) is 3.13. The van der Waals surface area contributed by atoms with Crippen LogP contribution < -0.4 is 9.46 Å². The minimum atomic E-state index is -3.51. The van der Waals surface area contributed by atoms with Gasteiger partial charge in [0.2, 0.25) is 10.0 Å². The molecule has 0 saturated carbocycles. The van der Waals surface area contributed by atoms with Crippen LogP contribution in [0.25, 0.3) is 0 Å². The van der Waals surface area contributed by atoms with E-state index in [2.05, 4.69) is 4.72 Å². The van der Waals surface area contributed by atoms with Gasteiger partial charge in [-0.1, -0.05) is 0 Å². The average molecular weight is 299 g/mol. The fourth-order valence-corrected chi connectivity index (χ4v) is 3.73. The van der Waals surface area contributed by atoms with Crippen molar-refractivity contribution < 1.29 is 17.9 Å². The molecule has 0 spiro atoms. The molecule has 2 rings (SSSR count). The molecule has 6 heteroatoms. The summed E-state index contributed by atoms with van der Waals surface area (Å²) in [6.45, 7) is 4.69. The van der Waals surface area contributed by atoms with Crippen LogP contribution >= 0.6 is 0 Å². The largest absolute Gasteiger partial charge is 0.496 e. The number of hydrogen-bond donors (Lipinski definition) is 1. The number of ether oxygens (including phenoxy) is 2. The molecular weight excluding hydrogens is 278 g/mol. The van der Waals surface area contributed by atoms with Gasteiger partial charge in [0.05, 0.1) is 18.1 Å². The van der Waals surface area contributed by atoms with Gasteiger partial charge in [0.1, 0.15) is 5.75 Å². The van der Waals surface area contributed by atoms with Gasteiger partial charge >= 0.3 is 0 Å². The molecule has 0 radical (unpaired) electrons. The number of sulfonamides is 1. The van der Waals surface area contributed by atoms with Crippen LogP contribution in [-0.4, -0.2) is 34.8 Å². The predicted molar refractivity (Wildman–Crippen MR) is 76.6 cm³/mol. The van der Waals surface area contributed by atoms with E-state index in [9.17, 15) is 8.42 Å². The molecule has 112 valence electrons. The number of rotatable bonds is 5. The number of benzene rings is 1. The number of methoxy groups -OCH3 is 1. The Morgan fingerprint density at radius 3 is 2.70 bits per heavy atom. The first-order valence-electron chi connectivity index (χ1n) is 6.71. The lowest BCUT2D eigenvalue weighted by molar-refractivity contribution is 0.114. The zero-order valence-corrected chi connectivity index (χ0v) is 12.9. The Morgan fingerprint density at radius 2 is 2.10 bits per heavy atom. The first-order chi connectivity index (χ1) is 9.45. The molecule has 0 amide bonds. The van der Waals surface area contributed by atoms with Crippen LogP contribution in [0.3, 0.4) is 0 Å². The molecule has 0 aliphatic carbocycles. The maximum Gasteiger partial charge on any atom is 0.240 e. The van der Waals surface area contributed by atoms with Crippen LogP contribution in [-0.2, 0) is 14.8 Å². The Labute approximate surface area is 120 Å². The van der Waals surface area contributed by atoms with Crippen molar-refractivity contribution in [2.24, 2.45) is 0 Å². The highest BCUT2D eigenvalue weighted by molar-refractivity contribution is 7.89. The van der Waals surface area contributed by atoms with Gasteiger partial charge in [0.25, 0.3) is 0 Å². The fraction of sp³-hybridized carbons (Fsp3) is 0.571. The molecule has 1 aromatic carbocycles. The molecule has 20 heavy (non-hydrogen) atoms. The predicted octanol–water partition coefficient (Wildman–Crippen LogP) is 1.77. The van der Waals surface area contributed by atoms with Gasteiger partial charge in [-0.3, -0.25) is 0 Å². The molecule has 1 heterocycles. The zero-order chi connectivity index (χ0) is 14.8. The fourth-order valence-electron chi connectivity index (χ4n) is 2.37. The molecule has 0 aromatic heterocycles. The second kappa shape index (κ2) is 6.11. The standard InChI is InChI=1S/C14H21NO4S/c1-10-11(2)14(7-6-13(10)18-3)20(16,17)15-9-12-5-4-8-19-12/h6-7,12,15H,4-5,8-9H2,1-3H3. The smallest absolute Gasteiger partial charge is 0.240 e. The summed E-state index contributed by atoms with van der Waals surface area (Å²) in [5.74, 6) is 0.695.